The summed E-state index contributed by atoms with van der Waals surface area (Å²) < 4.78 is 10.1. The van der Waals surface area contributed by atoms with Gasteiger partial charge in [0.15, 0.2) is 0 Å². The number of aromatic nitrogens is 2. The molecule has 15 rings (SSSR count). The molecule has 0 amide bonds. The SMILES string of the molecule is CC(C)(C)Cc1ccc2c(c1)N(c1c(-c3ccccc3)cccc1-c1cc(C(C)(C)C)cc(C(C)(C)C)c1)[CH-]N2c1[c-]c(Oc2[c-]c3c(c4c2C2(c5ccccc5-c5ccccc52)c2ccccc2-4)c2ccccc2n3-c2cc(C(C)(C)C)ccn2)ccc1.[Pt]. The number of hydrogen-bond donors (Lipinski definition) is 0. The summed E-state index contributed by atoms with van der Waals surface area (Å²) in [4.78, 5) is 9.92. The Morgan fingerprint density at radius 1 is 0.489 bits per heavy atom. The average molecular weight is 1350 g/mol. The van der Waals surface area contributed by atoms with E-state index in [2.05, 4.69) is 329 Å². The number of nitrogens with zero attached hydrogens (tertiary/aromatic N) is 4. The van der Waals surface area contributed by atoms with Crippen molar-refractivity contribution in [2.75, 3.05) is 9.80 Å². The Hall–Kier alpha value is -8.76. The molecule has 0 fully saturated rings. The van der Waals surface area contributed by atoms with Crippen molar-refractivity contribution in [1.29, 1.82) is 0 Å². The molecule has 12 aromatic rings. The first-order valence-corrected chi connectivity index (χ1v) is 31.6. The number of rotatable bonds is 8. The summed E-state index contributed by atoms with van der Waals surface area (Å²) >= 11 is 0. The van der Waals surface area contributed by atoms with Crippen molar-refractivity contribution in [3.63, 3.8) is 0 Å². The van der Waals surface area contributed by atoms with Crippen LogP contribution >= 0.6 is 0 Å². The second-order valence-corrected chi connectivity index (χ2v) is 29.1. The molecule has 0 saturated carbocycles. The summed E-state index contributed by atoms with van der Waals surface area (Å²) in [6.45, 7) is 30.0. The van der Waals surface area contributed by atoms with Crippen LogP contribution in [0.1, 0.15) is 128 Å². The van der Waals surface area contributed by atoms with Gasteiger partial charge in [0.05, 0.1) is 0 Å². The topological polar surface area (TPSA) is 33.5 Å². The molecule has 0 atom stereocenters. The Morgan fingerprint density at radius 3 is 1.72 bits per heavy atom. The zero-order chi connectivity index (χ0) is 61.5. The normalized spacial score (nSPS) is 14.0. The fraction of sp³-hybridized carbons (Fsp3) is 0.214. The first-order valence-electron chi connectivity index (χ1n) is 31.6. The quantitative estimate of drug-likeness (QED) is 0.142. The van der Waals surface area contributed by atoms with E-state index < -0.39 is 5.41 Å². The zero-order valence-corrected chi connectivity index (χ0v) is 55.9. The number of ether oxygens (including phenoxy) is 1. The van der Waals surface area contributed by atoms with Crippen molar-refractivity contribution in [1.82, 2.24) is 9.55 Å². The molecule has 2 aromatic heterocycles. The second-order valence-electron chi connectivity index (χ2n) is 29.1. The van der Waals surface area contributed by atoms with Gasteiger partial charge in [-0.15, -0.1) is 42.2 Å². The van der Waals surface area contributed by atoms with E-state index in [-0.39, 0.29) is 42.7 Å². The summed E-state index contributed by atoms with van der Waals surface area (Å²) in [7, 11) is 0. The van der Waals surface area contributed by atoms with Crippen LogP contribution in [0.25, 0.3) is 72.1 Å². The van der Waals surface area contributed by atoms with E-state index in [4.69, 9.17) is 9.72 Å². The fourth-order valence-corrected chi connectivity index (χ4v) is 14.5. The van der Waals surface area contributed by atoms with Crippen molar-refractivity contribution >= 4 is 44.6 Å². The number of benzene rings is 10. The van der Waals surface area contributed by atoms with Gasteiger partial charge in [-0.3, -0.25) is 0 Å². The summed E-state index contributed by atoms with van der Waals surface area (Å²) in [5, 5.41) is 2.26. The first-order chi connectivity index (χ1) is 42.6. The van der Waals surface area contributed by atoms with Gasteiger partial charge >= 0.3 is 0 Å². The van der Waals surface area contributed by atoms with Crippen LogP contribution < -0.4 is 14.5 Å². The van der Waals surface area contributed by atoms with Crippen molar-refractivity contribution in [2.24, 2.45) is 5.41 Å². The summed E-state index contributed by atoms with van der Waals surface area (Å²) in [6, 6.07) is 86.6. The predicted octanol–water partition coefficient (Wildman–Crippen LogP) is 22.1. The van der Waals surface area contributed by atoms with Gasteiger partial charge in [0.1, 0.15) is 5.82 Å². The number of pyridine rings is 1. The van der Waals surface area contributed by atoms with Gasteiger partial charge in [-0.05, 0) is 131 Å². The van der Waals surface area contributed by atoms with Crippen molar-refractivity contribution in [2.45, 2.75) is 111 Å². The van der Waals surface area contributed by atoms with E-state index in [9.17, 15) is 0 Å². The van der Waals surface area contributed by atoms with E-state index in [1.165, 1.54) is 61.2 Å². The number of hydrogen-bond acceptors (Lipinski definition) is 4. The molecule has 3 heterocycles. The zero-order valence-electron chi connectivity index (χ0n) is 53.6. The monoisotopic (exact) mass is 1350 g/mol. The van der Waals surface area contributed by atoms with E-state index in [1.54, 1.807) is 0 Å². The molecular formula is C84H75N4OPt-3. The minimum absolute atomic E-state index is 0. The van der Waals surface area contributed by atoms with Gasteiger partial charge in [-0.25, -0.2) is 4.98 Å². The Labute approximate surface area is 546 Å². The van der Waals surface area contributed by atoms with Crippen LogP contribution in [-0.4, -0.2) is 9.55 Å². The molecule has 450 valence electrons. The van der Waals surface area contributed by atoms with Crippen LogP contribution in [0.4, 0.5) is 22.7 Å². The van der Waals surface area contributed by atoms with Crippen LogP contribution in [0.2, 0.25) is 0 Å². The minimum Gasteiger partial charge on any atom is -0.509 e. The van der Waals surface area contributed by atoms with Gasteiger partial charge < -0.3 is 19.1 Å². The Balaban J connectivity index is 0.00000707. The van der Waals surface area contributed by atoms with Gasteiger partial charge in [0, 0.05) is 77.9 Å². The fourth-order valence-electron chi connectivity index (χ4n) is 14.5. The maximum Gasteiger partial charge on any atom is 0.135 e. The average Bonchev–Trinajstić information content (AvgIpc) is 1.49. The minimum atomic E-state index is -0.735. The van der Waals surface area contributed by atoms with E-state index in [0.717, 1.165) is 84.6 Å². The molecular weight excluding hydrogens is 1280 g/mol. The largest absolute Gasteiger partial charge is 0.509 e. The molecule has 6 heteroatoms. The molecule has 0 bridgehead atoms. The summed E-state index contributed by atoms with van der Waals surface area (Å²) in [5.74, 6) is 2.06. The molecule has 2 aliphatic carbocycles. The summed E-state index contributed by atoms with van der Waals surface area (Å²) in [5.41, 5.74) is 24.5. The van der Waals surface area contributed by atoms with Crippen molar-refractivity contribution < 1.29 is 25.8 Å². The van der Waals surface area contributed by atoms with Gasteiger partial charge in [-0.2, -0.15) is 6.07 Å². The van der Waals surface area contributed by atoms with Crippen LogP contribution in [0.5, 0.6) is 11.5 Å². The number of anilines is 4. The Morgan fingerprint density at radius 2 is 1.07 bits per heavy atom. The van der Waals surface area contributed by atoms with Crippen LogP contribution in [0.15, 0.2) is 219 Å². The van der Waals surface area contributed by atoms with Crippen LogP contribution in [0, 0.1) is 24.2 Å². The molecule has 1 spiro atoms. The molecule has 0 radical (unpaired) electrons. The van der Waals surface area contributed by atoms with E-state index in [1.807, 2.05) is 6.20 Å². The van der Waals surface area contributed by atoms with Crippen molar-refractivity contribution in [3.8, 4) is 61.8 Å². The van der Waals surface area contributed by atoms with Crippen LogP contribution in [0.3, 0.4) is 0 Å². The maximum absolute atomic E-state index is 7.75. The second kappa shape index (κ2) is 21.5. The molecule has 10 aromatic carbocycles. The third-order valence-electron chi connectivity index (χ3n) is 18.7. The molecule has 1 aliphatic heterocycles. The molecule has 3 aliphatic rings. The van der Waals surface area contributed by atoms with E-state index >= 15 is 0 Å². The van der Waals surface area contributed by atoms with Gasteiger partial charge in [0.25, 0.3) is 0 Å². The van der Waals surface area contributed by atoms with Gasteiger partial charge in [0.2, 0.25) is 0 Å². The van der Waals surface area contributed by atoms with Gasteiger partial charge in [-0.1, -0.05) is 263 Å². The Kier molecular flexibility index (Phi) is 14.0. The summed E-state index contributed by atoms with van der Waals surface area (Å²) in [6.07, 6.45) is 2.87. The third-order valence-corrected chi connectivity index (χ3v) is 18.7. The maximum atomic E-state index is 7.75. The first kappa shape index (κ1) is 58.9. The molecule has 0 saturated heterocycles. The Bertz CT molecular complexity index is 4750. The van der Waals surface area contributed by atoms with Crippen LogP contribution in [-0.2, 0) is 49.1 Å². The third kappa shape index (κ3) is 9.56. The number of fused-ring (bicyclic) bond motifs is 15. The van der Waals surface area contributed by atoms with Crippen molar-refractivity contribution in [3.05, 3.63) is 282 Å². The standard InChI is InChI=1S/C84H75N4O.Pt/c1-80(2,3)51-53-40-41-71-72(44-53)87(79-61(54-26-14-13-15-27-54)34-25-35-62(79)55-45-57(82(7,8)9)47-58(46-55)83(10,11)12)52-86(71)59-28-24-29-60(49-59)89-74-50-73-76(66-33-19-23-39-70(66)88(73)75-48-56(42-43-85-75)81(4,5)6)77-65-32-18-22-38-69(65)84(78(74)77)67-36-20-16-30-63(67)64-31-17-21-37-68(64)84;/h13-48,52H,51H2,1-12H3;/q-3;. The molecule has 5 nitrogen and oxygen atoms in total. The molecule has 0 unspecified atom stereocenters. The molecule has 90 heavy (non-hydrogen) atoms. The number of para-hydroxylation sites is 2. The van der Waals surface area contributed by atoms with E-state index in [0.29, 0.717) is 11.5 Å². The predicted molar refractivity (Wildman–Crippen MR) is 371 cm³/mol. The molecule has 0 N–H and O–H groups in total. The smallest absolute Gasteiger partial charge is 0.135 e.